The van der Waals surface area contributed by atoms with Crippen LogP contribution < -0.4 is 10.5 Å². The van der Waals surface area contributed by atoms with E-state index in [0.717, 1.165) is 0 Å². The summed E-state index contributed by atoms with van der Waals surface area (Å²) >= 11 is 0. The molecule has 0 aliphatic rings. The molecule has 0 saturated heterocycles. The maximum atomic E-state index is 12.3. The van der Waals surface area contributed by atoms with Gasteiger partial charge < -0.3 is 10.6 Å². The van der Waals surface area contributed by atoms with Crippen molar-refractivity contribution in [1.29, 1.82) is 0 Å². The van der Waals surface area contributed by atoms with E-state index in [0.29, 0.717) is 23.4 Å². The van der Waals surface area contributed by atoms with Crippen LogP contribution in [0.3, 0.4) is 0 Å². The average Bonchev–Trinajstić information content (AvgIpc) is 2.39. The molecule has 3 N–H and O–H groups in total. The molecule has 0 spiro atoms. The summed E-state index contributed by atoms with van der Waals surface area (Å²) in [6.45, 7) is 5.42. The molecule has 0 saturated carbocycles. The maximum absolute atomic E-state index is 12.3. The van der Waals surface area contributed by atoms with Crippen molar-refractivity contribution in [3.63, 3.8) is 0 Å². The highest BCUT2D eigenvalue weighted by Gasteiger charge is 2.22. The fourth-order valence-electron chi connectivity index (χ4n) is 1.80. The molecule has 0 aliphatic carbocycles. The number of anilines is 1. The molecule has 0 radical (unpaired) electrons. The molecule has 112 valence electrons. The molecule has 1 amide bonds. The summed E-state index contributed by atoms with van der Waals surface area (Å²) in [7, 11) is -2.14. The molecule has 20 heavy (non-hydrogen) atoms. The number of carbonyl (C=O) groups is 1. The fraction of sp³-hybridized carbons (Fsp3) is 0.462. The molecule has 1 aromatic carbocycles. The highest BCUT2D eigenvalue weighted by molar-refractivity contribution is 7.89. The van der Waals surface area contributed by atoms with Crippen LogP contribution in [0.1, 0.15) is 18.1 Å². The van der Waals surface area contributed by atoms with Crippen molar-refractivity contribution in [3.8, 4) is 0 Å². The number of nitrogen functional groups attached to an aromatic ring is 1. The minimum absolute atomic E-state index is 0.143. The van der Waals surface area contributed by atoms with E-state index >= 15 is 0 Å². The first-order valence-electron chi connectivity index (χ1n) is 6.30. The van der Waals surface area contributed by atoms with E-state index < -0.39 is 10.0 Å². The topological polar surface area (TPSA) is 92.5 Å². The number of nitrogens with one attached hydrogen (secondary N) is 1. The van der Waals surface area contributed by atoms with Crippen LogP contribution in [0.5, 0.6) is 0 Å². The van der Waals surface area contributed by atoms with Gasteiger partial charge in [0.15, 0.2) is 0 Å². The van der Waals surface area contributed by atoms with E-state index in [2.05, 4.69) is 4.72 Å². The average molecular weight is 299 g/mol. The van der Waals surface area contributed by atoms with Gasteiger partial charge in [-0.05, 0) is 38.0 Å². The first-order valence-corrected chi connectivity index (χ1v) is 7.78. The highest BCUT2D eigenvalue weighted by Crippen LogP contribution is 2.24. The Morgan fingerprint density at radius 3 is 2.50 bits per heavy atom. The summed E-state index contributed by atoms with van der Waals surface area (Å²) in [4.78, 5) is 13.3. The van der Waals surface area contributed by atoms with Crippen LogP contribution in [-0.2, 0) is 14.8 Å². The number of benzene rings is 1. The van der Waals surface area contributed by atoms with Gasteiger partial charge in [0.1, 0.15) is 0 Å². The Hall–Kier alpha value is -1.60. The summed E-state index contributed by atoms with van der Waals surface area (Å²) in [5, 5.41) is 0. The fourth-order valence-corrected chi connectivity index (χ4v) is 3.27. The standard InChI is InChI=1S/C13H21N3O3S/c1-5-16(4)12(17)8-15-20(18,19)13-9(2)6-7-11(14)10(13)3/h6-7,15H,5,8,14H2,1-4H3. The molecular weight excluding hydrogens is 278 g/mol. The lowest BCUT2D eigenvalue weighted by Gasteiger charge is -2.16. The molecule has 7 heteroatoms. The molecule has 1 aromatic rings. The zero-order chi connectivity index (χ0) is 15.5. The molecule has 6 nitrogen and oxygen atoms in total. The number of nitrogens with zero attached hydrogens (tertiary/aromatic N) is 1. The van der Waals surface area contributed by atoms with Crippen molar-refractivity contribution in [1.82, 2.24) is 9.62 Å². The highest BCUT2D eigenvalue weighted by atomic mass is 32.2. The van der Waals surface area contributed by atoms with E-state index in [-0.39, 0.29) is 17.3 Å². The smallest absolute Gasteiger partial charge is 0.241 e. The lowest BCUT2D eigenvalue weighted by Crippen LogP contribution is -2.38. The van der Waals surface area contributed by atoms with Crippen molar-refractivity contribution in [2.45, 2.75) is 25.7 Å². The van der Waals surface area contributed by atoms with Gasteiger partial charge in [0.2, 0.25) is 15.9 Å². The van der Waals surface area contributed by atoms with Gasteiger partial charge in [-0.3, -0.25) is 4.79 Å². The molecule has 0 heterocycles. The van der Waals surface area contributed by atoms with Crippen molar-refractivity contribution < 1.29 is 13.2 Å². The lowest BCUT2D eigenvalue weighted by atomic mass is 10.1. The van der Waals surface area contributed by atoms with Gasteiger partial charge in [-0.15, -0.1) is 0 Å². The lowest BCUT2D eigenvalue weighted by molar-refractivity contribution is -0.128. The van der Waals surface area contributed by atoms with Crippen molar-refractivity contribution >= 4 is 21.6 Å². The van der Waals surface area contributed by atoms with Gasteiger partial charge in [-0.2, -0.15) is 0 Å². The number of rotatable bonds is 5. The van der Waals surface area contributed by atoms with Gasteiger partial charge in [-0.1, -0.05) is 6.07 Å². The van der Waals surface area contributed by atoms with E-state index in [4.69, 9.17) is 5.73 Å². The summed E-state index contributed by atoms with van der Waals surface area (Å²) in [5.41, 5.74) is 7.25. The molecule has 0 atom stereocenters. The molecule has 0 aromatic heterocycles. The largest absolute Gasteiger partial charge is 0.398 e. The van der Waals surface area contributed by atoms with Gasteiger partial charge >= 0.3 is 0 Å². The predicted molar refractivity (Wildman–Crippen MR) is 78.8 cm³/mol. The number of likely N-dealkylation sites (N-methyl/N-ethyl adjacent to an activating group) is 1. The van der Waals surface area contributed by atoms with E-state index in [1.54, 1.807) is 33.0 Å². The van der Waals surface area contributed by atoms with Crippen LogP contribution >= 0.6 is 0 Å². The Morgan fingerprint density at radius 2 is 1.95 bits per heavy atom. The van der Waals surface area contributed by atoms with Crippen molar-refractivity contribution in [3.05, 3.63) is 23.3 Å². The first kappa shape index (κ1) is 16.5. The molecule has 0 aliphatic heterocycles. The van der Waals surface area contributed by atoms with Crippen LogP contribution in [0.15, 0.2) is 17.0 Å². The molecule has 0 bridgehead atoms. The predicted octanol–water partition coefficient (Wildman–Crippen LogP) is 0.642. The van der Waals surface area contributed by atoms with Crippen LogP contribution in [0.4, 0.5) is 5.69 Å². The van der Waals surface area contributed by atoms with E-state index in [1.807, 2.05) is 6.92 Å². The summed E-state index contributed by atoms with van der Waals surface area (Å²) in [6.07, 6.45) is 0. The third kappa shape index (κ3) is 3.49. The monoisotopic (exact) mass is 299 g/mol. The Morgan fingerprint density at radius 1 is 1.35 bits per heavy atom. The molecule has 1 rings (SSSR count). The number of nitrogens with two attached hydrogens (primary N) is 1. The zero-order valence-electron chi connectivity index (χ0n) is 12.2. The number of aryl methyl sites for hydroxylation is 1. The third-order valence-corrected chi connectivity index (χ3v) is 4.92. The SMILES string of the molecule is CCN(C)C(=O)CNS(=O)(=O)c1c(C)ccc(N)c1C. The van der Waals surface area contributed by atoms with Crippen LogP contribution in [0.2, 0.25) is 0 Å². The Bertz CT molecular complexity index is 612. The first-order chi connectivity index (χ1) is 9.20. The normalized spacial score (nSPS) is 11.4. The van der Waals surface area contributed by atoms with Crippen LogP contribution in [-0.4, -0.2) is 39.4 Å². The van der Waals surface area contributed by atoms with E-state index in [1.165, 1.54) is 4.90 Å². The minimum Gasteiger partial charge on any atom is -0.398 e. The van der Waals surface area contributed by atoms with Gasteiger partial charge in [0.05, 0.1) is 11.4 Å². The second-order valence-electron chi connectivity index (χ2n) is 4.66. The number of hydrogen-bond donors (Lipinski definition) is 2. The minimum atomic E-state index is -3.76. The summed E-state index contributed by atoms with van der Waals surface area (Å²) in [5.74, 6) is -0.282. The van der Waals surface area contributed by atoms with Crippen LogP contribution in [0.25, 0.3) is 0 Å². The molecule has 0 fully saturated rings. The number of amides is 1. The van der Waals surface area contributed by atoms with Crippen molar-refractivity contribution in [2.24, 2.45) is 0 Å². The third-order valence-electron chi connectivity index (χ3n) is 3.23. The quantitative estimate of drug-likeness (QED) is 0.780. The molecule has 0 unspecified atom stereocenters. The van der Waals surface area contributed by atoms with Crippen LogP contribution in [0, 0.1) is 13.8 Å². The number of hydrogen-bond acceptors (Lipinski definition) is 4. The second-order valence-corrected chi connectivity index (χ2v) is 6.36. The Labute approximate surface area is 120 Å². The summed E-state index contributed by atoms with van der Waals surface area (Å²) in [6, 6.07) is 3.32. The number of sulfonamides is 1. The Kier molecular flexibility index (Phi) is 5.13. The summed E-state index contributed by atoms with van der Waals surface area (Å²) < 4.78 is 26.9. The van der Waals surface area contributed by atoms with Crippen molar-refractivity contribution in [2.75, 3.05) is 25.9 Å². The van der Waals surface area contributed by atoms with Gasteiger partial charge in [-0.25, -0.2) is 13.1 Å². The Balaban J connectivity index is 3.02. The molecular formula is C13H21N3O3S. The zero-order valence-corrected chi connectivity index (χ0v) is 13.0. The second kappa shape index (κ2) is 6.23. The maximum Gasteiger partial charge on any atom is 0.241 e. The number of carbonyl (C=O) groups excluding carboxylic acids is 1. The van der Waals surface area contributed by atoms with Gasteiger partial charge in [0, 0.05) is 19.3 Å². The van der Waals surface area contributed by atoms with E-state index in [9.17, 15) is 13.2 Å². The van der Waals surface area contributed by atoms with Gasteiger partial charge in [0.25, 0.3) is 0 Å².